The number of aryl methyl sites for hydroxylation is 1. The molecule has 1 atom stereocenters. The van der Waals surface area contributed by atoms with Gasteiger partial charge >= 0.3 is 0 Å². The van der Waals surface area contributed by atoms with Crippen LogP contribution in [0.15, 0.2) is 29.2 Å². The fourth-order valence-electron chi connectivity index (χ4n) is 1.75. The summed E-state index contributed by atoms with van der Waals surface area (Å²) in [5, 5.41) is 3.06. The normalized spacial score (nSPS) is 13.9. The van der Waals surface area contributed by atoms with Crippen LogP contribution in [0.3, 0.4) is 0 Å². The van der Waals surface area contributed by atoms with E-state index in [0.717, 1.165) is 5.56 Å². The Kier molecular flexibility index (Phi) is 4.71. The lowest BCUT2D eigenvalue weighted by molar-refractivity contribution is 0.455. The SMILES string of the molecule is CNC(CS(=O)(=O)c1cccc(C)c1)C(C)C. The van der Waals surface area contributed by atoms with Crippen molar-refractivity contribution >= 4 is 9.84 Å². The van der Waals surface area contributed by atoms with Gasteiger partial charge in [0.25, 0.3) is 0 Å². The average Bonchev–Trinajstić information content (AvgIpc) is 2.25. The summed E-state index contributed by atoms with van der Waals surface area (Å²) in [4.78, 5) is 0.415. The molecule has 0 spiro atoms. The number of benzene rings is 1. The van der Waals surface area contributed by atoms with Gasteiger partial charge < -0.3 is 5.32 Å². The smallest absolute Gasteiger partial charge is 0.179 e. The molecule has 96 valence electrons. The molecule has 0 fully saturated rings. The van der Waals surface area contributed by atoms with E-state index in [4.69, 9.17) is 0 Å². The Bertz CT molecular complexity index is 466. The highest BCUT2D eigenvalue weighted by molar-refractivity contribution is 7.91. The molecular formula is C13H21NO2S. The van der Waals surface area contributed by atoms with E-state index >= 15 is 0 Å². The number of nitrogens with one attached hydrogen (secondary N) is 1. The quantitative estimate of drug-likeness (QED) is 0.875. The van der Waals surface area contributed by atoms with Gasteiger partial charge in [-0.2, -0.15) is 0 Å². The van der Waals surface area contributed by atoms with Crippen LogP contribution in [0.5, 0.6) is 0 Å². The molecule has 1 rings (SSSR count). The van der Waals surface area contributed by atoms with Crippen molar-refractivity contribution in [2.24, 2.45) is 5.92 Å². The minimum Gasteiger partial charge on any atom is -0.316 e. The third-order valence-corrected chi connectivity index (χ3v) is 4.69. The van der Waals surface area contributed by atoms with E-state index in [9.17, 15) is 8.42 Å². The average molecular weight is 255 g/mol. The molecule has 3 nitrogen and oxygen atoms in total. The van der Waals surface area contributed by atoms with Crippen LogP contribution >= 0.6 is 0 Å². The Hall–Kier alpha value is -0.870. The summed E-state index contributed by atoms with van der Waals surface area (Å²) in [6, 6.07) is 7.06. The van der Waals surface area contributed by atoms with Crippen molar-refractivity contribution in [3.63, 3.8) is 0 Å². The maximum absolute atomic E-state index is 12.2. The number of rotatable bonds is 5. The van der Waals surface area contributed by atoms with Gasteiger partial charge in [0.05, 0.1) is 10.6 Å². The fraction of sp³-hybridized carbons (Fsp3) is 0.538. The van der Waals surface area contributed by atoms with Crippen molar-refractivity contribution in [1.82, 2.24) is 5.32 Å². The van der Waals surface area contributed by atoms with Gasteiger partial charge in [-0.05, 0) is 37.6 Å². The van der Waals surface area contributed by atoms with Gasteiger partial charge in [0.1, 0.15) is 0 Å². The van der Waals surface area contributed by atoms with Crippen LogP contribution in [0.25, 0.3) is 0 Å². The lowest BCUT2D eigenvalue weighted by atomic mass is 10.1. The molecule has 0 saturated heterocycles. The molecule has 0 amide bonds. The molecule has 0 saturated carbocycles. The number of sulfone groups is 1. The van der Waals surface area contributed by atoms with E-state index in [1.165, 1.54) is 0 Å². The standard InChI is InChI=1S/C13H21NO2S/c1-10(2)13(14-4)9-17(15,16)12-7-5-6-11(3)8-12/h5-8,10,13-14H,9H2,1-4H3. The first-order valence-corrected chi connectivity index (χ1v) is 7.48. The van der Waals surface area contributed by atoms with E-state index in [1.807, 2.05) is 26.8 Å². The highest BCUT2D eigenvalue weighted by Crippen LogP contribution is 2.15. The highest BCUT2D eigenvalue weighted by atomic mass is 32.2. The van der Waals surface area contributed by atoms with Crippen molar-refractivity contribution < 1.29 is 8.42 Å². The molecule has 17 heavy (non-hydrogen) atoms. The maximum atomic E-state index is 12.2. The Balaban J connectivity index is 2.96. The lowest BCUT2D eigenvalue weighted by Gasteiger charge is -2.20. The van der Waals surface area contributed by atoms with Crippen LogP contribution in [0.2, 0.25) is 0 Å². The van der Waals surface area contributed by atoms with E-state index < -0.39 is 9.84 Å². The highest BCUT2D eigenvalue weighted by Gasteiger charge is 2.22. The summed E-state index contributed by atoms with van der Waals surface area (Å²) < 4.78 is 24.4. The molecule has 1 aromatic carbocycles. The molecule has 0 aliphatic rings. The first kappa shape index (κ1) is 14.2. The van der Waals surface area contributed by atoms with Gasteiger partial charge in [0.2, 0.25) is 0 Å². The molecule has 0 aliphatic carbocycles. The predicted molar refractivity (Wildman–Crippen MR) is 70.9 cm³/mol. The van der Waals surface area contributed by atoms with E-state index in [0.29, 0.717) is 10.8 Å². The Morgan fingerprint density at radius 1 is 1.29 bits per heavy atom. The summed E-state index contributed by atoms with van der Waals surface area (Å²) >= 11 is 0. The van der Waals surface area contributed by atoms with Crippen molar-refractivity contribution in [1.29, 1.82) is 0 Å². The van der Waals surface area contributed by atoms with Crippen LogP contribution in [0.4, 0.5) is 0 Å². The number of hydrogen-bond acceptors (Lipinski definition) is 3. The largest absolute Gasteiger partial charge is 0.316 e. The molecule has 0 radical (unpaired) electrons. The van der Waals surface area contributed by atoms with Crippen LogP contribution in [0, 0.1) is 12.8 Å². The second kappa shape index (κ2) is 5.65. The predicted octanol–water partition coefficient (Wildman–Crippen LogP) is 2.01. The summed E-state index contributed by atoms with van der Waals surface area (Å²) in [6.07, 6.45) is 0. The summed E-state index contributed by atoms with van der Waals surface area (Å²) in [7, 11) is -1.40. The van der Waals surface area contributed by atoms with Crippen molar-refractivity contribution in [2.45, 2.75) is 31.7 Å². The lowest BCUT2D eigenvalue weighted by Crippen LogP contribution is -2.37. The van der Waals surface area contributed by atoms with Crippen molar-refractivity contribution in [2.75, 3.05) is 12.8 Å². The van der Waals surface area contributed by atoms with Gasteiger partial charge in [-0.15, -0.1) is 0 Å². The molecular weight excluding hydrogens is 234 g/mol. The van der Waals surface area contributed by atoms with Crippen LogP contribution in [-0.4, -0.2) is 27.3 Å². The van der Waals surface area contributed by atoms with Crippen LogP contribution in [0.1, 0.15) is 19.4 Å². The van der Waals surface area contributed by atoms with E-state index in [2.05, 4.69) is 5.32 Å². The molecule has 0 heterocycles. The molecule has 1 aromatic rings. The van der Waals surface area contributed by atoms with Crippen LogP contribution in [-0.2, 0) is 9.84 Å². The summed E-state index contributed by atoms with van der Waals surface area (Å²) in [5.41, 5.74) is 0.969. The first-order chi connectivity index (χ1) is 7.86. The topological polar surface area (TPSA) is 46.2 Å². The molecule has 1 unspecified atom stereocenters. The summed E-state index contributed by atoms with van der Waals surface area (Å²) in [5.74, 6) is 0.435. The monoisotopic (exact) mass is 255 g/mol. The molecule has 4 heteroatoms. The van der Waals surface area contributed by atoms with E-state index in [-0.39, 0.29) is 11.8 Å². The second-order valence-electron chi connectivity index (χ2n) is 4.74. The van der Waals surface area contributed by atoms with Gasteiger partial charge in [0, 0.05) is 6.04 Å². The minimum absolute atomic E-state index is 0.0134. The maximum Gasteiger partial charge on any atom is 0.179 e. The first-order valence-electron chi connectivity index (χ1n) is 5.83. The molecule has 0 aromatic heterocycles. The Morgan fingerprint density at radius 2 is 1.94 bits per heavy atom. The zero-order valence-electron chi connectivity index (χ0n) is 10.9. The van der Waals surface area contributed by atoms with Gasteiger partial charge in [-0.1, -0.05) is 26.0 Å². The third-order valence-electron chi connectivity index (χ3n) is 2.92. The van der Waals surface area contributed by atoms with Crippen molar-refractivity contribution in [3.8, 4) is 0 Å². The second-order valence-corrected chi connectivity index (χ2v) is 6.77. The van der Waals surface area contributed by atoms with Gasteiger partial charge in [-0.25, -0.2) is 8.42 Å². The molecule has 0 bridgehead atoms. The third kappa shape index (κ3) is 3.82. The van der Waals surface area contributed by atoms with E-state index in [1.54, 1.807) is 25.2 Å². The van der Waals surface area contributed by atoms with Crippen molar-refractivity contribution in [3.05, 3.63) is 29.8 Å². The van der Waals surface area contributed by atoms with Gasteiger partial charge in [-0.3, -0.25) is 0 Å². The zero-order valence-corrected chi connectivity index (χ0v) is 11.7. The molecule has 0 aliphatic heterocycles. The fourth-order valence-corrected chi connectivity index (χ4v) is 3.62. The summed E-state index contributed by atoms with van der Waals surface area (Å²) in [6.45, 7) is 5.94. The Labute approximate surface area is 104 Å². The Morgan fingerprint density at radius 3 is 2.41 bits per heavy atom. The number of hydrogen-bond donors (Lipinski definition) is 1. The molecule has 1 N–H and O–H groups in total. The zero-order chi connectivity index (χ0) is 13.1. The van der Waals surface area contributed by atoms with Gasteiger partial charge in [0.15, 0.2) is 9.84 Å². The minimum atomic E-state index is -3.20. The van der Waals surface area contributed by atoms with Crippen LogP contribution < -0.4 is 5.32 Å².